The maximum absolute atomic E-state index is 14.3. The van der Waals surface area contributed by atoms with Gasteiger partial charge in [0.1, 0.15) is 17.6 Å². The lowest BCUT2D eigenvalue weighted by molar-refractivity contribution is -0.160. The Morgan fingerprint density at radius 3 is 2.63 bits per heavy atom. The van der Waals surface area contributed by atoms with E-state index in [1.165, 1.54) is 0 Å². The van der Waals surface area contributed by atoms with Gasteiger partial charge in [0, 0.05) is 26.2 Å². The van der Waals surface area contributed by atoms with E-state index in [0.29, 0.717) is 51.7 Å². The second-order valence-electron chi connectivity index (χ2n) is 10.8. The first kappa shape index (κ1) is 28.0. The van der Waals surface area contributed by atoms with Crippen LogP contribution in [0.2, 0.25) is 0 Å². The number of nitrogens with zero attached hydrogens (tertiary/aromatic N) is 2. The van der Waals surface area contributed by atoms with Crippen molar-refractivity contribution in [1.82, 2.24) is 9.80 Å². The van der Waals surface area contributed by atoms with Gasteiger partial charge < -0.3 is 24.4 Å². The monoisotopic (exact) mass is 524 g/mol. The first-order chi connectivity index (χ1) is 18.3. The molecule has 4 rings (SSSR count). The average molecular weight is 525 g/mol. The Kier molecular flexibility index (Phi) is 8.73. The third-order valence-electron chi connectivity index (χ3n) is 8.25. The highest BCUT2D eigenvalue weighted by Crippen LogP contribution is 2.63. The number of rotatable bonds is 14. The first-order valence-corrected chi connectivity index (χ1v) is 13.7. The van der Waals surface area contributed by atoms with Crippen molar-refractivity contribution in [2.75, 3.05) is 26.3 Å². The molecule has 206 valence electrons. The maximum atomic E-state index is 14.3. The predicted molar refractivity (Wildman–Crippen MR) is 143 cm³/mol. The summed E-state index contributed by atoms with van der Waals surface area (Å²) in [6, 6.07) is 8.83. The van der Waals surface area contributed by atoms with Gasteiger partial charge in [0.2, 0.25) is 11.8 Å². The Morgan fingerprint density at radius 1 is 1.18 bits per heavy atom. The summed E-state index contributed by atoms with van der Waals surface area (Å²) in [5.74, 6) is -2.44. The molecule has 38 heavy (non-hydrogen) atoms. The minimum Gasteiger partial charge on any atom is -0.465 e. The molecule has 0 aromatic heterocycles. The quantitative estimate of drug-likeness (QED) is 0.228. The summed E-state index contributed by atoms with van der Waals surface area (Å²) in [5.41, 5.74) is -0.991. The van der Waals surface area contributed by atoms with E-state index in [0.717, 1.165) is 12.0 Å². The minimum atomic E-state index is -1.09. The second-order valence-corrected chi connectivity index (χ2v) is 10.8. The van der Waals surface area contributed by atoms with E-state index in [9.17, 15) is 19.5 Å². The van der Waals surface area contributed by atoms with Crippen LogP contribution in [0.25, 0.3) is 0 Å². The van der Waals surface area contributed by atoms with Crippen LogP contribution in [-0.4, -0.2) is 76.2 Å². The normalized spacial score (nSPS) is 29.3. The number of aliphatic hydroxyl groups is 1. The van der Waals surface area contributed by atoms with Crippen molar-refractivity contribution in [3.05, 3.63) is 61.2 Å². The number of carbonyl (C=O) groups is 3. The number of fused-ring (bicyclic) bond motifs is 1. The molecule has 2 bridgehead atoms. The topological polar surface area (TPSA) is 96.4 Å². The number of benzene rings is 1. The number of amides is 2. The molecule has 5 atom stereocenters. The molecular weight excluding hydrogens is 484 g/mol. The summed E-state index contributed by atoms with van der Waals surface area (Å²) in [6.45, 7) is 10.7. The van der Waals surface area contributed by atoms with Crippen LogP contribution in [0.4, 0.5) is 0 Å². The molecule has 3 saturated heterocycles. The largest absolute Gasteiger partial charge is 0.465 e. The third-order valence-corrected chi connectivity index (χ3v) is 8.25. The lowest BCUT2D eigenvalue weighted by atomic mass is 9.66. The zero-order valence-corrected chi connectivity index (χ0v) is 22.3. The number of hydrogen-bond donors (Lipinski definition) is 1. The number of esters is 1. The number of carbonyl (C=O) groups excluding carboxylic acids is 3. The highest BCUT2D eigenvalue weighted by atomic mass is 16.6. The van der Waals surface area contributed by atoms with E-state index in [2.05, 4.69) is 13.2 Å². The van der Waals surface area contributed by atoms with Gasteiger partial charge in [-0.2, -0.15) is 0 Å². The highest BCUT2D eigenvalue weighted by Gasteiger charge is 2.78. The van der Waals surface area contributed by atoms with Crippen LogP contribution < -0.4 is 0 Å². The third kappa shape index (κ3) is 5.04. The average Bonchev–Trinajstić information content (AvgIpc) is 3.47. The van der Waals surface area contributed by atoms with Gasteiger partial charge in [0.25, 0.3) is 0 Å². The minimum absolute atomic E-state index is 0.0000416. The fourth-order valence-electron chi connectivity index (χ4n) is 6.55. The summed E-state index contributed by atoms with van der Waals surface area (Å²) >= 11 is 0. The highest BCUT2D eigenvalue weighted by molar-refractivity contribution is 5.98. The Bertz CT molecular complexity index is 1040. The van der Waals surface area contributed by atoms with Crippen LogP contribution in [0.5, 0.6) is 0 Å². The van der Waals surface area contributed by atoms with Crippen LogP contribution >= 0.6 is 0 Å². The van der Waals surface area contributed by atoms with Crippen molar-refractivity contribution < 1.29 is 29.0 Å². The zero-order valence-electron chi connectivity index (χ0n) is 22.3. The molecule has 2 unspecified atom stereocenters. The summed E-state index contributed by atoms with van der Waals surface area (Å²) < 4.78 is 12.3. The van der Waals surface area contributed by atoms with Gasteiger partial charge in [-0.1, -0.05) is 42.5 Å². The lowest BCUT2D eigenvalue weighted by Gasteiger charge is -2.37. The Labute approximate surface area is 225 Å². The predicted octanol–water partition coefficient (Wildman–Crippen LogP) is 3.25. The Hall–Kier alpha value is -2.97. The van der Waals surface area contributed by atoms with Crippen LogP contribution in [-0.2, 0) is 30.4 Å². The maximum Gasteiger partial charge on any atom is 0.312 e. The Balaban J connectivity index is 1.67. The summed E-state index contributed by atoms with van der Waals surface area (Å²) in [5, 5.41) is 9.36. The molecular formula is C30H40N2O6. The lowest BCUT2D eigenvalue weighted by Crippen LogP contribution is -2.56. The first-order valence-electron chi connectivity index (χ1n) is 13.7. The van der Waals surface area contributed by atoms with Crippen LogP contribution in [0.1, 0.15) is 51.0 Å². The van der Waals surface area contributed by atoms with E-state index in [4.69, 9.17) is 9.47 Å². The smallest absolute Gasteiger partial charge is 0.312 e. The van der Waals surface area contributed by atoms with Crippen LogP contribution in [0, 0.1) is 11.8 Å². The summed E-state index contributed by atoms with van der Waals surface area (Å²) in [7, 11) is 0. The second kappa shape index (κ2) is 11.8. The molecule has 2 amide bonds. The van der Waals surface area contributed by atoms with Gasteiger partial charge >= 0.3 is 5.97 Å². The fraction of sp³-hybridized carbons (Fsp3) is 0.567. The SMILES string of the molecule is C=CCCCOC(=O)[C@H]1[C@H]2C(=O)N(CCCCO)C(C(=O)N(CC=C)Cc3ccccc3)C23CC[C@]1(C)O3. The van der Waals surface area contributed by atoms with Gasteiger partial charge in [0.15, 0.2) is 0 Å². The van der Waals surface area contributed by atoms with Gasteiger partial charge in [-0.05, 0) is 51.0 Å². The number of aliphatic hydroxyl groups excluding tert-OH is 1. The van der Waals surface area contributed by atoms with Crippen molar-refractivity contribution >= 4 is 17.8 Å². The van der Waals surface area contributed by atoms with Crippen molar-refractivity contribution in [3.8, 4) is 0 Å². The molecule has 3 aliphatic heterocycles. The standard InChI is InChI=1S/C30H40N2O6/c1-4-6-12-20-37-28(36)24-23-26(34)32(18-10-11-19-33)25(30(23)16-15-29(24,3)38-30)27(35)31(17-5-2)21-22-13-8-7-9-14-22/h4-5,7-9,13-14,23-25,33H,1-2,6,10-12,15-21H2,3H3/t23-,24+,25?,29-,30?/m0/s1. The van der Waals surface area contributed by atoms with E-state index in [-0.39, 0.29) is 25.0 Å². The van der Waals surface area contributed by atoms with Gasteiger partial charge in [-0.3, -0.25) is 14.4 Å². The van der Waals surface area contributed by atoms with E-state index in [1.54, 1.807) is 22.0 Å². The molecule has 1 spiro atoms. The molecule has 8 heteroatoms. The number of ether oxygens (including phenoxy) is 2. The van der Waals surface area contributed by atoms with Gasteiger partial charge in [0.05, 0.1) is 18.1 Å². The molecule has 1 aromatic rings. The molecule has 8 nitrogen and oxygen atoms in total. The molecule has 0 saturated carbocycles. The number of unbranched alkanes of at least 4 members (excludes halogenated alkanes) is 2. The molecule has 3 aliphatic rings. The molecule has 3 fully saturated rings. The molecule has 0 radical (unpaired) electrons. The fourth-order valence-corrected chi connectivity index (χ4v) is 6.55. The summed E-state index contributed by atoms with van der Waals surface area (Å²) in [6.07, 6.45) is 6.98. The van der Waals surface area contributed by atoms with Crippen molar-refractivity contribution in [2.45, 2.75) is 69.2 Å². The van der Waals surface area contributed by atoms with Crippen molar-refractivity contribution in [1.29, 1.82) is 0 Å². The van der Waals surface area contributed by atoms with Crippen molar-refractivity contribution in [2.24, 2.45) is 11.8 Å². The van der Waals surface area contributed by atoms with Gasteiger partial charge in [-0.15, -0.1) is 13.2 Å². The number of allylic oxidation sites excluding steroid dienone is 1. The van der Waals surface area contributed by atoms with Gasteiger partial charge in [-0.25, -0.2) is 0 Å². The molecule has 1 N–H and O–H groups in total. The van der Waals surface area contributed by atoms with E-state index in [1.807, 2.05) is 37.3 Å². The Morgan fingerprint density at radius 2 is 1.95 bits per heavy atom. The van der Waals surface area contributed by atoms with E-state index < -0.39 is 35.0 Å². The molecule has 1 aromatic carbocycles. The van der Waals surface area contributed by atoms with E-state index >= 15 is 0 Å². The summed E-state index contributed by atoms with van der Waals surface area (Å²) in [4.78, 5) is 45.0. The number of likely N-dealkylation sites (tertiary alicyclic amines) is 1. The number of hydrogen-bond acceptors (Lipinski definition) is 6. The van der Waals surface area contributed by atoms with Crippen molar-refractivity contribution in [3.63, 3.8) is 0 Å². The van der Waals surface area contributed by atoms with Crippen LogP contribution in [0.15, 0.2) is 55.6 Å². The molecule has 0 aliphatic carbocycles. The molecule has 3 heterocycles. The van der Waals surface area contributed by atoms with Crippen LogP contribution in [0.3, 0.4) is 0 Å². The zero-order chi connectivity index (χ0) is 27.3.